The summed E-state index contributed by atoms with van der Waals surface area (Å²) in [6, 6.07) is 10.7. The highest BCUT2D eigenvalue weighted by atomic mass is 79.9. The fourth-order valence-electron chi connectivity index (χ4n) is 1.80. The third-order valence-electron chi connectivity index (χ3n) is 2.55. The van der Waals surface area contributed by atoms with E-state index in [-0.39, 0.29) is 11.8 Å². The Kier molecular flexibility index (Phi) is 2.38. The quantitative estimate of drug-likeness (QED) is 0.758. The zero-order chi connectivity index (χ0) is 12.0. The van der Waals surface area contributed by atoms with Crippen molar-refractivity contribution in [3.8, 4) is 0 Å². The molecule has 1 aromatic heterocycles. The van der Waals surface area contributed by atoms with E-state index >= 15 is 0 Å². The Bertz CT molecular complexity index is 587. The van der Waals surface area contributed by atoms with Crippen molar-refractivity contribution >= 4 is 44.8 Å². The number of thiophene rings is 1. The molecule has 17 heavy (non-hydrogen) atoms. The lowest BCUT2D eigenvalue weighted by atomic mass is 10.3. The van der Waals surface area contributed by atoms with Crippen molar-refractivity contribution in [3.63, 3.8) is 0 Å². The molecule has 0 aliphatic carbocycles. The topological polar surface area (TPSA) is 37.4 Å². The first-order valence-electron chi connectivity index (χ1n) is 4.91. The number of fused-ring (bicyclic) bond motifs is 1. The van der Waals surface area contributed by atoms with Gasteiger partial charge in [-0.05, 0) is 34.1 Å². The molecule has 0 unspecified atom stereocenters. The highest BCUT2D eigenvalue weighted by Crippen LogP contribution is 2.36. The van der Waals surface area contributed by atoms with Crippen molar-refractivity contribution in [2.45, 2.75) is 0 Å². The zero-order valence-electron chi connectivity index (χ0n) is 8.51. The summed E-state index contributed by atoms with van der Waals surface area (Å²) < 4.78 is 0.803. The second-order valence-corrected chi connectivity index (χ2v) is 6.01. The van der Waals surface area contributed by atoms with E-state index in [1.165, 1.54) is 16.2 Å². The van der Waals surface area contributed by atoms with Gasteiger partial charge in [0.15, 0.2) is 0 Å². The maximum atomic E-state index is 12.1. The predicted octanol–water partition coefficient (Wildman–Crippen LogP) is 3.31. The van der Waals surface area contributed by atoms with E-state index in [1.807, 2.05) is 6.07 Å². The lowest BCUT2D eigenvalue weighted by molar-refractivity contribution is 0.0927. The molecule has 1 aliphatic rings. The molecule has 0 fully saturated rings. The van der Waals surface area contributed by atoms with Gasteiger partial charge >= 0.3 is 0 Å². The van der Waals surface area contributed by atoms with Gasteiger partial charge < -0.3 is 0 Å². The van der Waals surface area contributed by atoms with Crippen molar-refractivity contribution in [2.75, 3.05) is 4.90 Å². The molecule has 5 heteroatoms. The van der Waals surface area contributed by atoms with Gasteiger partial charge in [0.1, 0.15) is 4.88 Å². The number of hydrogen-bond acceptors (Lipinski definition) is 3. The molecule has 1 aliphatic heterocycles. The van der Waals surface area contributed by atoms with Gasteiger partial charge in [-0.25, -0.2) is 4.90 Å². The van der Waals surface area contributed by atoms with Crippen LogP contribution in [0.2, 0.25) is 0 Å². The van der Waals surface area contributed by atoms with Crippen molar-refractivity contribution in [2.24, 2.45) is 0 Å². The summed E-state index contributed by atoms with van der Waals surface area (Å²) in [6.45, 7) is 0. The van der Waals surface area contributed by atoms with Gasteiger partial charge in [-0.1, -0.05) is 18.2 Å². The molecule has 3 rings (SSSR count). The molecule has 0 N–H and O–H groups in total. The molecule has 0 radical (unpaired) electrons. The first kappa shape index (κ1) is 10.7. The summed E-state index contributed by atoms with van der Waals surface area (Å²) in [6.07, 6.45) is 0. The third-order valence-corrected chi connectivity index (χ3v) is 4.17. The van der Waals surface area contributed by atoms with E-state index in [9.17, 15) is 9.59 Å². The minimum atomic E-state index is -0.252. The van der Waals surface area contributed by atoms with Crippen LogP contribution in [0.5, 0.6) is 0 Å². The standard InChI is InChI=1S/C12H6BrNO2S/c13-9-6-8-10(17-9)12(16)14(11(8)15)7-4-2-1-3-5-7/h1-6H. The Balaban J connectivity index is 2.10. The minimum Gasteiger partial charge on any atom is -0.268 e. The van der Waals surface area contributed by atoms with Crippen LogP contribution in [0, 0.1) is 0 Å². The van der Waals surface area contributed by atoms with Crippen LogP contribution >= 0.6 is 27.3 Å². The van der Waals surface area contributed by atoms with Crippen LogP contribution in [0.1, 0.15) is 20.0 Å². The van der Waals surface area contributed by atoms with Crippen LogP contribution in [-0.2, 0) is 0 Å². The van der Waals surface area contributed by atoms with E-state index in [4.69, 9.17) is 0 Å². The first-order chi connectivity index (χ1) is 8.18. The second kappa shape index (κ2) is 3.78. The van der Waals surface area contributed by atoms with Crippen molar-refractivity contribution < 1.29 is 9.59 Å². The normalized spacial score (nSPS) is 14.3. The Morgan fingerprint density at radius 1 is 1.06 bits per heavy atom. The molecule has 1 aromatic carbocycles. The number of nitrogens with zero attached hydrogens (tertiary/aromatic N) is 1. The maximum absolute atomic E-state index is 12.1. The minimum absolute atomic E-state index is 0.244. The van der Waals surface area contributed by atoms with Gasteiger partial charge in [-0.15, -0.1) is 11.3 Å². The van der Waals surface area contributed by atoms with Gasteiger partial charge in [-0.2, -0.15) is 0 Å². The van der Waals surface area contributed by atoms with Crippen molar-refractivity contribution in [1.82, 2.24) is 0 Å². The van der Waals surface area contributed by atoms with Crippen LogP contribution in [-0.4, -0.2) is 11.8 Å². The Labute approximate surface area is 110 Å². The summed E-state index contributed by atoms with van der Waals surface area (Å²) in [5, 5.41) is 0. The Morgan fingerprint density at radius 3 is 2.41 bits per heavy atom. The Morgan fingerprint density at radius 2 is 1.76 bits per heavy atom. The number of carbonyl (C=O) groups is 2. The van der Waals surface area contributed by atoms with E-state index in [1.54, 1.807) is 30.3 Å². The summed E-state index contributed by atoms with van der Waals surface area (Å²) in [5.74, 6) is -0.495. The van der Waals surface area contributed by atoms with Gasteiger partial charge in [0.2, 0.25) is 0 Å². The van der Waals surface area contributed by atoms with Crippen LogP contribution < -0.4 is 4.90 Å². The molecule has 0 saturated heterocycles. The number of benzene rings is 1. The predicted molar refractivity (Wildman–Crippen MR) is 69.6 cm³/mol. The van der Waals surface area contributed by atoms with Crippen LogP contribution in [0.4, 0.5) is 5.69 Å². The highest BCUT2D eigenvalue weighted by molar-refractivity contribution is 9.11. The molecule has 2 aromatic rings. The number of imide groups is 1. The van der Waals surface area contributed by atoms with Crippen molar-refractivity contribution in [1.29, 1.82) is 0 Å². The van der Waals surface area contributed by atoms with Crippen LogP contribution in [0.15, 0.2) is 40.2 Å². The van der Waals surface area contributed by atoms with E-state index in [0.717, 1.165) is 3.79 Å². The van der Waals surface area contributed by atoms with Crippen LogP contribution in [0.25, 0.3) is 0 Å². The molecule has 0 saturated carbocycles. The zero-order valence-corrected chi connectivity index (χ0v) is 10.9. The number of amides is 2. The van der Waals surface area contributed by atoms with Gasteiger partial charge in [0.25, 0.3) is 11.8 Å². The van der Waals surface area contributed by atoms with E-state index < -0.39 is 0 Å². The third kappa shape index (κ3) is 1.54. The fraction of sp³-hybridized carbons (Fsp3) is 0. The average Bonchev–Trinajstić information content (AvgIpc) is 2.81. The Hall–Kier alpha value is -1.46. The number of para-hydroxylation sites is 1. The number of carbonyl (C=O) groups excluding carboxylic acids is 2. The molecule has 0 bridgehead atoms. The highest BCUT2D eigenvalue weighted by Gasteiger charge is 2.38. The lowest BCUT2D eigenvalue weighted by Crippen LogP contribution is -2.29. The molecule has 2 amide bonds. The van der Waals surface area contributed by atoms with Crippen LogP contribution in [0.3, 0.4) is 0 Å². The van der Waals surface area contributed by atoms with Gasteiger partial charge in [0, 0.05) is 0 Å². The first-order valence-corrected chi connectivity index (χ1v) is 6.52. The SMILES string of the molecule is O=C1c2cc(Br)sc2C(=O)N1c1ccccc1. The number of halogens is 1. The van der Waals surface area contributed by atoms with Gasteiger partial charge in [-0.3, -0.25) is 9.59 Å². The maximum Gasteiger partial charge on any atom is 0.276 e. The number of hydrogen-bond donors (Lipinski definition) is 0. The monoisotopic (exact) mass is 307 g/mol. The van der Waals surface area contributed by atoms with E-state index in [0.29, 0.717) is 16.1 Å². The lowest BCUT2D eigenvalue weighted by Gasteiger charge is -2.13. The molecule has 0 atom stereocenters. The average molecular weight is 308 g/mol. The molecule has 2 heterocycles. The summed E-state index contributed by atoms with van der Waals surface area (Å²) in [5.41, 5.74) is 1.10. The second-order valence-electron chi connectivity index (χ2n) is 3.57. The summed E-state index contributed by atoms with van der Waals surface area (Å²) in [7, 11) is 0. The molecular weight excluding hydrogens is 302 g/mol. The molecule has 84 valence electrons. The number of rotatable bonds is 1. The largest absolute Gasteiger partial charge is 0.276 e. The summed E-state index contributed by atoms with van der Waals surface area (Å²) >= 11 is 4.58. The molecule has 0 spiro atoms. The number of anilines is 1. The summed E-state index contributed by atoms with van der Waals surface area (Å²) in [4.78, 5) is 25.9. The smallest absolute Gasteiger partial charge is 0.268 e. The van der Waals surface area contributed by atoms with E-state index in [2.05, 4.69) is 15.9 Å². The molecular formula is C12H6BrNO2S. The van der Waals surface area contributed by atoms with Crippen molar-refractivity contribution in [3.05, 3.63) is 50.6 Å². The molecule has 3 nitrogen and oxygen atoms in total. The van der Waals surface area contributed by atoms with Gasteiger partial charge in [0.05, 0.1) is 15.0 Å². The fourth-order valence-corrected chi connectivity index (χ4v) is 3.33.